The van der Waals surface area contributed by atoms with Crippen LogP contribution in [0.15, 0.2) is 18.5 Å². The maximum atomic E-state index is 13.6. The molecule has 2 aliphatic rings. The molecule has 11 nitrogen and oxygen atoms in total. The molecule has 0 bridgehead atoms. The molecule has 3 amide bonds. The molecular formula is C29H43F3N6O5Si. The largest absolute Gasteiger partial charge is 0.449 e. The lowest BCUT2D eigenvalue weighted by Crippen LogP contribution is -2.54. The number of nitrogens with zero attached hydrogens (tertiary/aromatic N) is 5. The molecule has 1 fully saturated rings. The summed E-state index contributed by atoms with van der Waals surface area (Å²) in [5.74, 6) is -0.443. The normalized spacial score (nSPS) is 19.2. The number of carbonyl (C=O) groups is 3. The smallest absolute Gasteiger partial charge is 0.407 e. The van der Waals surface area contributed by atoms with E-state index < -0.39 is 26.9 Å². The highest BCUT2D eigenvalue weighted by molar-refractivity contribution is 6.76. The Balaban J connectivity index is 1.51. The lowest BCUT2D eigenvalue weighted by Gasteiger charge is -2.44. The lowest BCUT2D eigenvalue weighted by molar-refractivity contribution is -0.129. The summed E-state index contributed by atoms with van der Waals surface area (Å²) in [7, 11) is 2.06. The van der Waals surface area contributed by atoms with Crippen LogP contribution >= 0.6 is 0 Å². The van der Waals surface area contributed by atoms with E-state index in [4.69, 9.17) is 9.47 Å². The zero-order valence-corrected chi connectivity index (χ0v) is 27.1. The third kappa shape index (κ3) is 8.64. The molecule has 1 aliphatic carbocycles. The first-order chi connectivity index (χ1) is 20.6. The molecule has 0 aromatic carbocycles. The van der Waals surface area contributed by atoms with Crippen molar-refractivity contribution in [2.75, 3.05) is 52.0 Å². The summed E-state index contributed by atoms with van der Waals surface area (Å²) in [5.41, 5.74) is 1.92. The SMILES string of the molecule is CN(C)C(=O)CN1CN(C2CCC(COC(=O)NCC(F)(F)F)CC2)c2c(cnc3c2ccn3COCC[Si](C)(C)C)C1=O. The molecule has 2 aromatic heterocycles. The van der Waals surface area contributed by atoms with Gasteiger partial charge in [0.05, 0.1) is 24.5 Å². The summed E-state index contributed by atoms with van der Waals surface area (Å²) in [6, 6.07) is 3.02. The van der Waals surface area contributed by atoms with Gasteiger partial charge < -0.3 is 34.1 Å². The van der Waals surface area contributed by atoms with Gasteiger partial charge in [0.2, 0.25) is 5.91 Å². The molecule has 2 aromatic rings. The van der Waals surface area contributed by atoms with Crippen LogP contribution in [-0.2, 0) is 21.0 Å². The van der Waals surface area contributed by atoms with Crippen LogP contribution in [0.1, 0.15) is 36.0 Å². The fourth-order valence-electron chi connectivity index (χ4n) is 5.49. The molecular weight excluding hydrogens is 597 g/mol. The Morgan fingerprint density at radius 3 is 2.50 bits per heavy atom. The molecule has 44 heavy (non-hydrogen) atoms. The van der Waals surface area contributed by atoms with Crippen molar-refractivity contribution >= 4 is 42.7 Å². The van der Waals surface area contributed by atoms with Gasteiger partial charge >= 0.3 is 12.3 Å². The van der Waals surface area contributed by atoms with Crippen molar-refractivity contribution < 1.29 is 37.0 Å². The third-order valence-corrected chi connectivity index (χ3v) is 9.78. The Labute approximate surface area is 256 Å². The number of aromatic nitrogens is 2. The number of amides is 3. The van der Waals surface area contributed by atoms with E-state index in [0.717, 1.165) is 17.1 Å². The van der Waals surface area contributed by atoms with Crippen LogP contribution in [0, 0.1) is 5.92 Å². The highest BCUT2D eigenvalue weighted by atomic mass is 28.3. The number of halogens is 3. The predicted molar refractivity (Wildman–Crippen MR) is 162 cm³/mol. The average Bonchev–Trinajstić information content (AvgIpc) is 3.37. The molecule has 1 aliphatic heterocycles. The summed E-state index contributed by atoms with van der Waals surface area (Å²) >= 11 is 0. The maximum absolute atomic E-state index is 13.6. The van der Waals surface area contributed by atoms with Gasteiger partial charge in [0, 0.05) is 52.6 Å². The number of likely N-dealkylation sites (N-methyl/N-ethyl adjacent to an activating group) is 1. The fourth-order valence-corrected chi connectivity index (χ4v) is 6.25. The Hall–Kier alpha value is -3.33. The highest BCUT2D eigenvalue weighted by Crippen LogP contribution is 2.39. The van der Waals surface area contributed by atoms with Crippen LogP contribution in [-0.4, -0.2) is 105 Å². The van der Waals surface area contributed by atoms with E-state index in [9.17, 15) is 27.6 Å². The molecule has 1 N–H and O–H groups in total. The van der Waals surface area contributed by atoms with Crippen molar-refractivity contribution in [1.29, 1.82) is 0 Å². The van der Waals surface area contributed by atoms with Gasteiger partial charge in [-0.15, -0.1) is 0 Å². The summed E-state index contributed by atoms with van der Waals surface area (Å²) in [4.78, 5) is 47.7. The van der Waals surface area contributed by atoms with Crippen molar-refractivity contribution in [2.24, 2.45) is 5.92 Å². The second kappa shape index (κ2) is 13.8. The number of carbonyl (C=O) groups excluding carboxylic acids is 3. The number of hydrogen-bond donors (Lipinski definition) is 1. The lowest BCUT2D eigenvalue weighted by atomic mass is 9.85. The number of pyridine rings is 1. The van der Waals surface area contributed by atoms with Gasteiger partial charge in [0.1, 0.15) is 25.5 Å². The first kappa shape index (κ1) is 33.6. The monoisotopic (exact) mass is 640 g/mol. The molecule has 1 saturated carbocycles. The van der Waals surface area contributed by atoms with Crippen LogP contribution in [0.5, 0.6) is 0 Å². The number of hydrogen-bond acceptors (Lipinski definition) is 7. The average molecular weight is 641 g/mol. The topological polar surface area (TPSA) is 109 Å². The van der Waals surface area contributed by atoms with Crippen molar-refractivity contribution in [1.82, 2.24) is 24.7 Å². The van der Waals surface area contributed by atoms with E-state index in [0.29, 0.717) is 50.2 Å². The van der Waals surface area contributed by atoms with Crippen LogP contribution in [0.3, 0.4) is 0 Å². The van der Waals surface area contributed by atoms with Gasteiger partial charge in [0.25, 0.3) is 5.91 Å². The molecule has 0 radical (unpaired) electrons. The first-order valence-corrected chi connectivity index (χ1v) is 18.6. The van der Waals surface area contributed by atoms with Crippen molar-refractivity contribution in [2.45, 2.75) is 70.3 Å². The molecule has 244 valence electrons. The minimum atomic E-state index is -4.50. The second-order valence-electron chi connectivity index (χ2n) is 13.0. The van der Waals surface area contributed by atoms with Crippen LogP contribution in [0.4, 0.5) is 23.7 Å². The van der Waals surface area contributed by atoms with Gasteiger partial charge in [0.15, 0.2) is 0 Å². The standard InChI is InChI=1S/C29H43F3N6O5Si/c1-35(2)24(39)15-37-18-38(21-8-6-20(7-9-21)16-43-28(41)34-17-29(30,31)32)25-22-10-11-36(19-42-12-13-44(3,4)5)26(22)33-14-23(25)27(37)40/h10-11,14,20-21H,6-9,12-13,15-19H2,1-5H3,(H,34,41). The van der Waals surface area contributed by atoms with Gasteiger partial charge in [-0.2, -0.15) is 13.2 Å². The summed E-state index contributed by atoms with van der Waals surface area (Å²) < 4.78 is 50.1. The molecule has 15 heteroatoms. The zero-order chi connectivity index (χ0) is 32.2. The van der Waals surface area contributed by atoms with Crippen LogP contribution in [0.2, 0.25) is 25.7 Å². The van der Waals surface area contributed by atoms with Crippen molar-refractivity contribution in [3.63, 3.8) is 0 Å². The molecule has 3 heterocycles. The van der Waals surface area contributed by atoms with Crippen LogP contribution < -0.4 is 10.2 Å². The number of nitrogens with one attached hydrogen (secondary N) is 1. The highest BCUT2D eigenvalue weighted by Gasteiger charge is 2.38. The number of anilines is 1. The Morgan fingerprint density at radius 2 is 1.86 bits per heavy atom. The Kier molecular flexibility index (Phi) is 10.5. The molecule has 0 atom stereocenters. The van der Waals surface area contributed by atoms with E-state index in [1.54, 1.807) is 25.6 Å². The van der Waals surface area contributed by atoms with Crippen molar-refractivity contribution in [3.8, 4) is 0 Å². The Bertz CT molecular complexity index is 1340. The number of fused-ring (bicyclic) bond motifs is 3. The van der Waals surface area contributed by atoms with E-state index in [2.05, 4.69) is 29.5 Å². The quantitative estimate of drug-likeness (QED) is 0.285. The first-order valence-electron chi connectivity index (χ1n) is 14.9. The maximum Gasteiger partial charge on any atom is 0.407 e. The minimum absolute atomic E-state index is 0.00653. The molecule has 4 rings (SSSR count). The number of rotatable bonds is 11. The molecule has 0 unspecified atom stereocenters. The third-order valence-electron chi connectivity index (χ3n) is 8.08. The fraction of sp³-hybridized carbons (Fsp3) is 0.655. The van der Waals surface area contributed by atoms with Gasteiger partial charge in [-0.25, -0.2) is 9.78 Å². The van der Waals surface area contributed by atoms with Gasteiger partial charge in [-0.1, -0.05) is 19.6 Å². The summed E-state index contributed by atoms with van der Waals surface area (Å²) in [5, 5.41) is 2.56. The van der Waals surface area contributed by atoms with E-state index in [-0.39, 0.29) is 43.6 Å². The van der Waals surface area contributed by atoms with Crippen molar-refractivity contribution in [3.05, 3.63) is 24.0 Å². The van der Waals surface area contributed by atoms with Gasteiger partial charge in [-0.3, -0.25) is 9.59 Å². The number of ether oxygens (including phenoxy) is 2. The number of alkyl carbamates (subject to hydrolysis) is 1. The predicted octanol–water partition coefficient (Wildman–Crippen LogP) is 4.50. The second-order valence-corrected chi connectivity index (χ2v) is 18.7. The van der Waals surface area contributed by atoms with E-state index in [1.165, 1.54) is 9.80 Å². The Morgan fingerprint density at radius 1 is 1.16 bits per heavy atom. The van der Waals surface area contributed by atoms with Gasteiger partial charge in [-0.05, 0) is 43.7 Å². The number of alkyl halides is 3. The minimum Gasteiger partial charge on any atom is -0.449 e. The summed E-state index contributed by atoms with van der Waals surface area (Å²) in [6.45, 7) is 6.66. The molecule has 0 spiro atoms. The summed E-state index contributed by atoms with van der Waals surface area (Å²) in [6.07, 6.45) is 0.708. The zero-order valence-electron chi connectivity index (χ0n) is 26.1. The van der Waals surface area contributed by atoms with Crippen LogP contribution in [0.25, 0.3) is 11.0 Å². The van der Waals surface area contributed by atoms with E-state index in [1.807, 2.05) is 16.8 Å². The van der Waals surface area contributed by atoms with E-state index >= 15 is 0 Å². The molecule has 0 saturated heterocycles.